The van der Waals surface area contributed by atoms with Gasteiger partial charge in [-0.05, 0) is 25.1 Å². The van der Waals surface area contributed by atoms with E-state index in [9.17, 15) is 23.3 Å². The maximum absolute atomic E-state index is 12.2. The third-order valence-corrected chi connectivity index (χ3v) is 6.35. The molecule has 28 heavy (non-hydrogen) atoms. The zero-order chi connectivity index (χ0) is 20.9. The van der Waals surface area contributed by atoms with Crippen LogP contribution in [0, 0.1) is 18.3 Å². The highest BCUT2D eigenvalue weighted by atomic mass is 32.2. The number of ether oxygens (including phenoxy) is 1. The molecule has 0 bridgehead atoms. The molecule has 1 aromatic carbocycles. The first-order valence-corrected chi connectivity index (χ1v) is 10.2. The number of esters is 1. The standard InChI is InChI=1S/C17H17N3O6S2/c1-11-10-27-16(19-11)14(8-18)15(21)9-26-17(22)12-5-4-6-13(7-12)28(23,24)20(2)25-3/h4-7,10,14H,9H2,1-3H3/t14-/m1/s1. The number of hydrogen-bond acceptors (Lipinski definition) is 9. The highest BCUT2D eigenvalue weighted by Crippen LogP contribution is 2.21. The zero-order valence-corrected chi connectivity index (χ0v) is 16.9. The second-order valence-corrected chi connectivity index (χ2v) is 8.38. The Morgan fingerprint density at radius 1 is 1.39 bits per heavy atom. The summed E-state index contributed by atoms with van der Waals surface area (Å²) in [5.74, 6) is -2.64. The van der Waals surface area contributed by atoms with E-state index in [1.807, 2.05) is 6.07 Å². The van der Waals surface area contributed by atoms with E-state index in [1.54, 1.807) is 12.3 Å². The van der Waals surface area contributed by atoms with Gasteiger partial charge in [0.2, 0.25) is 0 Å². The fourth-order valence-electron chi connectivity index (χ4n) is 2.10. The average Bonchev–Trinajstić information content (AvgIpc) is 3.11. The van der Waals surface area contributed by atoms with Gasteiger partial charge in [-0.15, -0.1) is 11.3 Å². The maximum atomic E-state index is 12.2. The van der Waals surface area contributed by atoms with Gasteiger partial charge >= 0.3 is 5.97 Å². The molecule has 0 radical (unpaired) electrons. The number of carbonyl (C=O) groups excluding carboxylic acids is 2. The van der Waals surface area contributed by atoms with Gasteiger partial charge in [0.05, 0.1) is 23.6 Å². The van der Waals surface area contributed by atoms with E-state index < -0.39 is 34.3 Å². The summed E-state index contributed by atoms with van der Waals surface area (Å²) in [5, 5.41) is 11.3. The van der Waals surface area contributed by atoms with Crippen LogP contribution in [-0.4, -0.2) is 50.4 Å². The van der Waals surface area contributed by atoms with Crippen LogP contribution in [-0.2, 0) is 24.4 Å². The molecule has 1 heterocycles. The van der Waals surface area contributed by atoms with Crippen LogP contribution >= 0.6 is 11.3 Å². The molecule has 0 aliphatic carbocycles. The summed E-state index contributed by atoms with van der Waals surface area (Å²) in [6.45, 7) is 1.10. The lowest BCUT2D eigenvalue weighted by Gasteiger charge is -2.14. The minimum absolute atomic E-state index is 0.0584. The van der Waals surface area contributed by atoms with Crippen molar-refractivity contribution in [1.29, 1.82) is 5.26 Å². The highest BCUT2D eigenvalue weighted by Gasteiger charge is 2.26. The van der Waals surface area contributed by atoms with Crippen LogP contribution in [0.25, 0.3) is 0 Å². The van der Waals surface area contributed by atoms with Gasteiger partial charge in [0.1, 0.15) is 5.01 Å². The molecule has 11 heteroatoms. The largest absolute Gasteiger partial charge is 0.454 e. The van der Waals surface area contributed by atoms with Crippen LogP contribution < -0.4 is 0 Å². The monoisotopic (exact) mass is 423 g/mol. The van der Waals surface area contributed by atoms with Crippen molar-refractivity contribution in [1.82, 2.24) is 9.45 Å². The maximum Gasteiger partial charge on any atom is 0.338 e. The van der Waals surface area contributed by atoms with Crippen molar-refractivity contribution in [2.45, 2.75) is 17.7 Å². The Hall–Kier alpha value is -2.65. The lowest BCUT2D eigenvalue weighted by Crippen LogP contribution is -2.26. The molecule has 0 fully saturated rings. The quantitative estimate of drug-likeness (QED) is 0.463. The number of aryl methyl sites for hydroxylation is 1. The summed E-state index contributed by atoms with van der Waals surface area (Å²) in [5.41, 5.74) is 0.626. The summed E-state index contributed by atoms with van der Waals surface area (Å²) in [4.78, 5) is 33.0. The fraction of sp³-hybridized carbons (Fsp3) is 0.294. The van der Waals surface area contributed by atoms with E-state index in [4.69, 9.17) is 4.74 Å². The number of carbonyl (C=O) groups is 2. The van der Waals surface area contributed by atoms with Gasteiger partial charge in [-0.25, -0.2) is 18.2 Å². The summed E-state index contributed by atoms with van der Waals surface area (Å²) < 4.78 is 30.1. The van der Waals surface area contributed by atoms with E-state index in [-0.39, 0.29) is 10.5 Å². The molecule has 0 amide bonds. The van der Waals surface area contributed by atoms with Gasteiger partial charge in [-0.2, -0.15) is 5.26 Å². The molecule has 2 rings (SSSR count). The predicted molar refractivity (Wildman–Crippen MR) is 98.9 cm³/mol. The second-order valence-electron chi connectivity index (χ2n) is 5.56. The van der Waals surface area contributed by atoms with E-state index in [2.05, 4.69) is 9.82 Å². The van der Waals surface area contributed by atoms with Crippen LogP contribution in [0.2, 0.25) is 0 Å². The van der Waals surface area contributed by atoms with Crippen molar-refractivity contribution in [3.63, 3.8) is 0 Å². The molecular weight excluding hydrogens is 406 g/mol. The third kappa shape index (κ3) is 4.79. The number of ketones is 1. The second kappa shape index (κ2) is 9.03. The Kier molecular flexibility index (Phi) is 6.98. The van der Waals surface area contributed by atoms with Gasteiger partial charge in [0.15, 0.2) is 18.3 Å². The van der Waals surface area contributed by atoms with Crippen LogP contribution in [0.5, 0.6) is 0 Å². The van der Waals surface area contributed by atoms with E-state index in [0.29, 0.717) is 15.2 Å². The molecule has 0 aliphatic heterocycles. The third-order valence-electron chi connectivity index (χ3n) is 3.64. The number of benzene rings is 1. The summed E-state index contributed by atoms with van der Waals surface area (Å²) >= 11 is 1.17. The van der Waals surface area contributed by atoms with Crippen molar-refractivity contribution in [3.8, 4) is 6.07 Å². The Bertz CT molecular complexity index is 1030. The number of hydroxylamine groups is 1. The Morgan fingerprint density at radius 2 is 2.11 bits per heavy atom. The number of sulfonamides is 1. The number of thiazole rings is 1. The van der Waals surface area contributed by atoms with Crippen molar-refractivity contribution in [2.24, 2.45) is 0 Å². The van der Waals surface area contributed by atoms with Crippen LogP contribution in [0.15, 0.2) is 34.5 Å². The molecule has 1 aromatic heterocycles. The molecule has 148 valence electrons. The van der Waals surface area contributed by atoms with Gasteiger partial charge in [0, 0.05) is 18.1 Å². The molecular formula is C17H17N3O6S2. The van der Waals surface area contributed by atoms with Crippen LogP contribution in [0.3, 0.4) is 0 Å². The molecule has 0 N–H and O–H groups in total. The Labute approximate surface area is 166 Å². The Balaban J connectivity index is 2.10. The zero-order valence-electron chi connectivity index (χ0n) is 15.3. The van der Waals surface area contributed by atoms with Crippen molar-refractivity contribution < 1.29 is 27.6 Å². The molecule has 0 spiro atoms. The average molecular weight is 423 g/mol. The summed E-state index contributed by atoms with van der Waals surface area (Å²) in [7, 11) is -1.54. The van der Waals surface area contributed by atoms with Gasteiger partial charge in [0.25, 0.3) is 10.0 Å². The van der Waals surface area contributed by atoms with E-state index in [1.165, 1.54) is 43.7 Å². The molecule has 0 aliphatic rings. The lowest BCUT2D eigenvalue weighted by atomic mass is 10.1. The highest BCUT2D eigenvalue weighted by molar-refractivity contribution is 7.89. The van der Waals surface area contributed by atoms with Crippen LogP contribution in [0.4, 0.5) is 0 Å². The fourth-order valence-corrected chi connectivity index (χ4v) is 3.98. The van der Waals surface area contributed by atoms with E-state index in [0.717, 1.165) is 6.07 Å². The predicted octanol–water partition coefficient (Wildman–Crippen LogP) is 1.67. The summed E-state index contributed by atoms with van der Waals surface area (Å²) in [6, 6.07) is 6.98. The number of aromatic nitrogens is 1. The van der Waals surface area contributed by atoms with Crippen molar-refractivity contribution in [2.75, 3.05) is 20.8 Å². The summed E-state index contributed by atoms with van der Waals surface area (Å²) in [6.07, 6.45) is 0. The first-order valence-electron chi connectivity index (χ1n) is 7.85. The Morgan fingerprint density at radius 3 is 2.68 bits per heavy atom. The number of rotatable bonds is 8. The minimum atomic E-state index is -3.94. The first kappa shape index (κ1) is 21.6. The number of nitrogens with zero attached hydrogens (tertiary/aromatic N) is 3. The van der Waals surface area contributed by atoms with Crippen molar-refractivity contribution in [3.05, 3.63) is 45.9 Å². The molecule has 0 saturated carbocycles. The van der Waals surface area contributed by atoms with Gasteiger partial charge in [-0.3, -0.25) is 9.63 Å². The SMILES string of the molecule is CON(C)S(=O)(=O)c1cccc(C(=O)OCC(=O)[C@@H](C#N)c2nc(C)cs2)c1. The molecule has 9 nitrogen and oxygen atoms in total. The van der Waals surface area contributed by atoms with Gasteiger partial charge < -0.3 is 4.74 Å². The van der Waals surface area contributed by atoms with Crippen molar-refractivity contribution >= 4 is 33.1 Å². The number of hydrogen-bond donors (Lipinski definition) is 0. The van der Waals surface area contributed by atoms with Gasteiger partial charge in [-0.1, -0.05) is 10.5 Å². The van der Waals surface area contributed by atoms with E-state index >= 15 is 0 Å². The topological polar surface area (TPSA) is 127 Å². The minimum Gasteiger partial charge on any atom is -0.454 e. The lowest BCUT2D eigenvalue weighted by molar-refractivity contribution is -0.122. The molecule has 2 aromatic rings. The molecule has 1 atom stereocenters. The molecule has 0 saturated heterocycles. The van der Waals surface area contributed by atoms with Crippen LogP contribution in [0.1, 0.15) is 27.0 Å². The molecule has 0 unspecified atom stereocenters. The number of nitriles is 1. The number of Topliss-reactive ketones (excluding diaryl/α,β-unsaturated/α-hetero) is 1. The smallest absolute Gasteiger partial charge is 0.338 e. The first-order chi connectivity index (χ1) is 13.2. The normalized spacial score (nSPS) is 12.4.